The van der Waals surface area contributed by atoms with E-state index in [1.165, 1.54) is 31.4 Å². The van der Waals surface area contributed by atoms with E-state index in [9.17, 15) is 0 Å². The number of aromatic nitrogens is 3. The van der Waals surface area contributed by atoms with Gasteiger partial charge in [0.25, 0.3) is 0 Å². The summed E-state index contributed by atoms with van der Waals surface area (Å²) in [4.78, 5) is 0. The lowest BCUT2D eigenvalue weighted by molar-refractivity contribution is 0.314. The van der Waals surface area contributed by atoms with Crippen LogP contribution in [0, 0.1) is 12.3 Å². The molecule has 16 heavy (non-hydrogen) atoms. The summed E-state index contributed by atoms with van der Waals surface area (Å²) in [5.41, 5.74) is 2.70. The molecule has 0 atom stereocenters. The monoisotopic (exact) mass is 223 g/mol. The minimum Gasteiger partial charge on any atom is -0.252 e. The SMILES string of the molecule is CCCCCC(C)(C)Cc1nnn(C)c1C. The molecule has 3 nitrogen and oxygen atoms in total. The van der Waals surface area contributed by atoms with E-state index in [1.54, 1.807) is 0 Å². The molecule has 0 fully saturated rings. The van der Waals surface area contributed by atoms with Gasteiger partial charge in [0.15, 0.2) is 0 Å². The molecule has 0 spiro atoms. The van der Waals surface area contributed by atoms with E-state index >= 15 is 0 Å². The molecule has 0 N–H and O–H groups in total. The number of hydrogen-bond acceptors (Lipinski definition) is 2. The van der Waals surface area contributed by atoms with Crippen molar-refractivity contribution in [3.8, 4) is 0 Å². The molecular formula is C13H25N3. The minimum absolute atomic E-state index is 0.343. The molecule has 1 heterocycles. The molecule has 0 unspecified atom stereocenters. The molecule has 0 bridgehead atoms. The second kappa shape index (κ2) is 5.46. The summed E-state index contributed by atoms with van der Waals surface area (Å²) in [6, 6.07) is 0. The van der Waals surface area contributed by atoms with E-state index in [0.717, 1.165) is 12.1 Å². The summed E-state index contributed by atoms with van der Waals surface area (Å²) in [7, 11) is 1.95. The first-order valence-corrected chi connectivity index (χ1v) is 6.31. The Labute approximate surface area is 99.2 Å². The van der Waals surface area contributed by atoms with Crippen LogP contribution >= 0.6 is 0 Å². The maximum absolute atomic E-state index is 4.24. The number of hydrogen-bond donors (Lipinski definition) is 0. The van der Waals surface area contributed by atoms with Crippen molar-refractivity contribution >= 4 is 0 Å². The van der Waals surface area contributed by atoms with Crippen LogP contribution < -0.4 is 0 Å². The zero-order chi connectivity index (χ0) is 12.2. The topological polar surface area (TPSA) is 30.7 Å². The van der Waals surface area contributed by atoms with Gasteiger partial charge in [-0.1, -0.05) is 45.2 Å². The molecule has 1 aromatic heterocycles. The van der Waals surface area contributed by atoms with Crippen molar-refractivity contribution in [2.24, 2.45) is 12.5 Å². The van der Waals surface area contributed by atoms with Gasteiger partial charge in [-0.15, -0.1) is 5.10 Å². The van der Waals surface area contributed by atoms with Crippen molar-refractivity contribution in [3.05, 3.63) is 11.4 Å². The lowest BCUT2D eigenvalue weighted by atomic mass is 9.82. The minimum atomic E-state index is 0.343. The number of rotatable bonds is 6. The van der Waals surface area contributed by atoms with E-state index in [4.69, 9.17) is 0 Å². The Kier molecular flexibility index (Phi) is 4.51. The highest BCUT2D eigenvalue weighted by Crippen LogP contribution is 2.28. The zero-order valence-electron chi connectivity index (χ0n) is 11.4. The van der Waals surface area contributed by atoms with Crippen LogP contribution in [0.1, 0.15) is 57.8 Å². The Balaban J connectivity index is 2.54. The predicted molar refractivity (Wildman–Crippen MR) is 67.4 cm³/mol. The predicted octanol–water partition coefficient (Wildman–Crippen LogP) is 3.27. The highest BCUT2D eigenvalue weighted by Gasteiger charge is 2.21. The molecule has 3 heteroatoms. The molecule has 92 valence electrons. The lowest BCUT2D eigenvalue weighted by Gasteiger charge is -2.23. The van der Waals surface area contributed by atoms with Crippen molar-refractivity contribution in [2.45, 2.75) is 59.8 Å². The highest BCUT2D eigenvalue weighted by atomic mass is 15.4. The molecule has 0 aromatic carbocycles. The first-order chi connectivity index (χ1) is 7.46. The van der Waals surface area contributed by atoms with Crippen LogP contribution in [-0.2, 0) is 13.5 Å². The van der Waals surface area contributed by atoms with Crippen LogP contribution in [0.4, 0.5) is 0 Å². The molecule has 0 saturated carbocycles. The van der Waals surface area contributed by atoms with Crippen LogP contribution in [-0.4, -0.2) is 15.0 Å². The van der Waals surface area contributed by atoms with Crippen LogP contribution in [0.5, 0.6) is 0 Å². The van der Waals surface area contributed by atoms with E-state index in [1.807, 2.05) is 11.7 Å². The first kappa shape index (κ1) is 13.2. The third kappa shape index (κ3) is 3.62. The molecule has 1 aromatic rings. The van der Waals surface area contributed by atoms with Gasteiger partial charge in [0.2, 0.25) is 0 Å². The Hall–Kier alpha value is -0.860. The quantitative estimate of drug-likeness (QED) is 0.693. The molecule has 0 saturated heterocycles. The maximum Gasteiger partial charge on any atom is 0.0861 e. The van der Waals surface area contributed by atoms with Crippen molar-refractivity contribution in [2.75, 3.05) is 0 Å². The summed E-state index contributed by atoms with van der Waals surface area (Å²) in [6.45, 7) is 9.00. The van der Waals surface area contributed by atoms with Gasteiger partial charge in [0, 0.05) is 7.05 Å². The molecular weight excluding hydrogens is 198 g/mol. The fraction of sp³-hybridized carbons (Fsp3) is 0.846. The van der Waals surface area contributed by atoms with Crippen LogP contribution in [0.15, 0.2) is 0 Å². The molecule has 0 amide bonds. The summed E-state index contributed by atoms with van der Waals surface area (Å²) in [5.74, 6) is 0. The fourth-order valence-corrected chi connectivity index (χ4v) is 2.01. The normalized spacial score (nSPS) is 12.1. The Morgan fingerprint density at radius 2 is 1.94 bits per heavy atom. The third-order valence-electron chi connectivity index (χ3n) is 3.31. The Bertz CT molecular complexity index is 326. The van der Waals surface area contributed by atoms with E-state index < -0.39 is 0 Å². The van der Waals surface area contributed by atoms with Crippen molar-refractivity contribution in [1.29, 1.82) is 0 Å². The average molecular weight is 223 g/mol. The molecule has 0 aliphatic carbocycles. The fourth-order valence-electron chi connectivity index (χ4n) is 2.01. The van der Waals surface area contributed by atoms with E-state index in [0.29, 0.717) is 5.41 Å². The van der Waals surface area contributed by atoms with Gasteiger partial charge in [-0.3, -0.25) is 4.68 Å². The molecule has 0 aliphatic heterocycles. The first-order valence-electron chi connectivity index (χ1n) is 6.31. The number of aryl methyl sites for hydroxylation is 1. The average Bonchev–Trinajstić information content (AvgIpc) is 2.49. The van der Waals surface area contributed by atoms with E-state index in [-0.39, 0.29) is 0 Å². The van der Waals surface area contributed by atoms with Gasteiger partial charge >= 0.3 is 0 Å². The second-order valence-electron chi connectivity index (χ2n) is 5.54. The number of nitrogens with zero attached hydrogens (tertiary/aromatic N) is 3. The Morgan fingerprint density at radius 1 is 1.25 bits per heavy atom. The van der Waals surface area contributed by atoms with Gasteiger partial charge in [-0.05, 0) is 25.2 Å². The van der Waals surface area contributed by atoms with Gasteiger partial charge in [-0.2, -0.15) is 0 Å². The van der Waals surface area contributed by atoms with Gasteiger partial charge in [0.05, 0.1) is 11.4 Å². The van der Waals surface area contributed by atoms with Crippen molar-refractivity contribution < 1.29 is 0 Å². The third-order valence-corrected chi connectivity index (χ3v) is 3.31. The van der Waals surface area contributed by atoms with Crippen LogP contribution in [0.25, 0.3) is 0 Å². The van der Waals surface area contributed by atoms with Crippen molar-refractivity contribution in [1.82, 2.24) is 15.0 Å². The summed E-state index contributed by atoms with van der Waals surface area (Å²) >= 11 is 0. The van der Waals surface area contributed by atoms with Crippen molar-refractivity contribution in [3.63, 3.8) is 0 Å². The second-order valence-corrected chi connectivity index (χ2v) is 5.54. The van der Waals surface area contributed by atoms with Crippen LogP contribution in [0.2, 0.25) is 0 Å². The van der Waals surface area contributed by atoms with Gasteiger partial charge < -0.3 is 0 Å². The van der Waals surface area contributed by atoms with Gasteiger partial charge in [-0.25, -0.2) is 0 Å². The number of unbranched alkanes of at least 4 members (excludes halogenated alkanes) is 2. The standard InChI is InChI=1S/C13H25N3/c1-6-7-8-9-13(3,4)10-12-11(2)16(5)15-14-12/h6-10H2,1-5H3. The van der Waals surface area contributed by atoms with Gasteiger partial charge in [0.1, 0.15) is 0 Å². The zero-order valence-corrected chi connectivity index (χ0v) is 11.4. The van der Waals surface area contributed by atoms with Crippen LogP contribution in [0.3, 0.4) is 0 Å². The maximum atomic E-state index is 4.24. The molecule has 0 aliphatic rings. The molecule has 0 radical (unpaired) electrons. The molecule has 1 rings (SSSR count). The lowest BCUT2D eigenvalue weighted by Crippen LogP contribution is -2.16. The van der Waals surface area contributed by atoms with E-state index in [2.05, 4.69) is 38.0 Å². The summed E-state index contributed by atoms with van der Waals surface area (Å²) in [5, 5.41) is 8.31. The summed E-state index contributed by atoms with van der Waals surface area (Å²) in [6.07, 6.45) is 6.26. The largest absolute Gasteiger partial charge is 0.252 e. The highest BCUT2D eigenvalue weighted by molar-refractivity contribution is 5.09. The Morgan fingerprint density at radius 3 is 2.44 bits per heavy atom. The summed E-state index contributed by atoms with van der Waals surface area (Å²) < 4.78 is 1.86. The smallest absolute Gasteiger partial charge is 0.0861 e.